The maximum Gasteiger partial charge on any atom is 0.298 e. The third-order valence-corrected chi connectivity index (χ3v) is 6.37. The molecule has 0 atom stereocenters. The molecule has 2 aromatic carbocycles. The second-order valence-corrected chi connectivity index (χ2v) is 8.58. The Morgan fingerprint density at radius 1 is 1.06 bits per heavy atom. The fourth-order valence-electron chi connectivity index (χ4n) is 4.51. The zero-order valence-electron chi connectivity index (χ0n) is 19.1. The van der Waals surface area contributed by atoms with Crippen LogP contribution in [0.25, 0.3) is 28.0 Å². The van der Waals surface area contributed by atoms with Crippen LogP contribution in [0.4, 0.5) is 6.01 Å². The Morgan fingerprint density at radius 2 is 1.91 bits per heavy atom. The smallest absolute Gasteiger partial charge is 0.298 e. The number of hydrogen-bond donors (Lipinski definition) is 0. The van der Waals surface area contributed by atoms with Crippen molar-refractivity contribution in [3.63, 3.8) is 0 Å². The van der Waals surface area contributed by atoms with Crippen molar-refractivity contribution in [3.8, 4) is 22.7 Å². The Labute approximate surface area is 196 Å². The molecule has 0 unspecified atom stereocenters. The second-order valence-electron chi connectivity index (χ2n) is 8.58. The summed E-state index contributed by atoms with van der Waals surface area (Å²) in [5, 5.41) is 8.88. The van der Waals surface area contributed by atoms with E-state index in [9.17, 15) is 0 Å². The number of nitrogens with zero attached hydrogens (tertiary/aromatic N) is 7. The minimum Gasteiger partial charge on any atom is -0.495 e. The van der Waals surface area contributed by atoms with Gasteiger partial charge < -0.3 is 18.6 Å². The fourth-order valence-corrected chi connectivity index (χ4v) is 4.51. The number of fused-ring (bicyclic) bond motifs is 1. The minimum atomic E-state index is 0.289. The molecule has 0 bridgehead atoms. The van der Waals surface area contributed by atoms with E-state index in [-0.39, 0.29) is 6.04 Å². The highest BCUT2D eigenvalue weighted by Crippen LogP contribution is 2.31. The highest BCUT2D eigenvalue weighted by atomic mass is 16.5. The molecule has 6 rings (SSSR count). The lowest BCUT2D eigenvalue weighted by atomic mass is 10.1. The molecule has 0 aliphatic carbocycles. The van der Waals surface area contributed by atoms with E-state index >= 15 is 0 Å². The normalized spacial score (nSPS) is 14.7. The van der Waals surface area contributed by atoms with Crippen molar-refractivity contribution < 1.29 is 9.15 Å². The van der Waals surface area contributed by atoms with E-state index in [0.717, 1.165) is 65.4 Å². The summed E-state index contributed by atoms with van der Waals surface area (Å²) in [6.45, 7) is 3.69. The molecular formula is C25H25N7O2. The van der Waals surface area contributed by atoms with E-state index in [2.05, 4.69) is 25.2 Å². The van der Waals surface area contributed by atoms with Gasteiger partial charge in [0.1, 0.15) is 17.0 Å². The van der Waals surface area contributed by atoms with E-state index in [4.69, 9.17) is 9.15 Å². The van der Waals surface area contributed by atoms with Crippen LogP contribution < -0.4 is 9.64 Å². The molecular weight excluding hydrogens is 430 g/mol. The van der Waals surface area contributed by atoms with Crippen LogP contribution in [-0.2, 0) is 0 Å². The molecule has 1 fully saturated rings. The summed E-state index contributed by atoms with van der Waals surface area (Å²) in [6, 6.07) is 14.9. The summed E-state index contributed by atoms with van der Waals surface area (Å²) < 4.78 is 15.5. The lowest BCUT2D eigenvalue weighted by Crippen LogP contribution is -2.35. The number of para-hydroxylation sites is 2. The maximum atomic E-state index is 5.94. The number of methoxy groups -OCH3 is 1. The minimum absolute atomic E-state index is 0.289. The predicted molar refractivity (Wildman–Crippen MR) is 128 cm³/mol. The van der Waals surface area contributed by atoms with Crippen LogP contribution in [0.5, 0.6) is 5.75 Å². The van der Waals surface area contributed by atoms with Crippen LogP contribution in [0.2, 0.25) is 0 Å². The predicted octanol–water partition coefficient (Wildman–Crippen LogP) is 4.43. The number of hydrogen-bond acceptors (Lipinski definition) is 7. The molecule has 9 heteroatoms. The molecule has 0 spiro atoms. The van der Waals surface area contributed by atoms with E-state index in [0.29, 0.717) is 6.01 Å². The van der Waals surface area contributed by atoms with E-state index < -0.39 is 0 Å². The zero-order chi connectivity index (χ0) is 23.1. The van der Waals surface area contributed by atoms with Gasteiger partial charge in [-0.25, -0.2) is 9.67 Å². The molecule has 0 N–H and O–H groups in total. The van der Waals surface area contributed by atoms with Gasteiger partial charge in [0, 0.05) is 24.8 Å². The number of ether oxygens (including phenoxy) is 1. The van der Waals surface area contributed by atoms with Crippen molar-refractivity contribution in [3.05, 3.63) is 66.9 Å². The first-order valence-corrected chi connectivity index (χ1v) is 11.4. The molecule has 0 radical (unpaired) electrons. The Bertz CT molecular complexity index is 1410. The maximum absolute atomic E-state index is 5.94. The third kappa shape index (κ3) is 3.68. The molecule has 1 saturated heterocycles. The van der Waals surface area contributed by atoms with Crippen LogP contribution >= 0.6 is 0 Å². The van der Waals surface area contributed by atoms with Gasteiger partial charge in [-0.05, 0) is 44.0 Å². The van der Waals surface area contributed by atoms with Gasteiger partial charge in [-0.3, -0.25) is 0 Å². The monoisotopic (exact) mass is 455 g/mol. The van der Waals surface area contributed by atoms with E-state index in [1.54, 1.807) is 13.4 Å². The first-order valence-electron chi connectivity index (χ1n) is 11.4. The van der Waals surface area contributed by atoms with Crippen molar-refractivity contribution in [2.45, 2.75) is 25.8 Å². The number of imidazole rings is 1. The Kier molecular flexibility index (Phi) is 5.01. The lowest BCUT2D eigenvalue weighted by molar-refractivity contribution is 0.351. The molecule has 3 aromatic heterocycles. The van der Waals surface area contributed by atoms with Gasteiger partial charge in [0.25, 0.3) is 6.01 Å². The first-order chi connectivity index (χ1) is 16.7. The molecule has 5 aromatic rings. The summed E-state index contributed by atoms with van der Waals surface area (Å²) in [6.07, 6.45) is 7.68. The van der Waals surface area contributed by atoms with Crippen molar-refractivity contribution in [1.82, 2.24) is 29.5 Å². The Balaban J connectivity index is 1.17. The van der Waals surface area contributed by atoms with E-state index in [1.165, 1.54) is 0 Å². The standard InChI is InChI=1S/C25H25N7O2/c1-17-14-31(16-26-17)22-8-7-18(13-24(22)33-2)21-15-32(29-28-21)19-9-11-30(12-10-19)25-27-20-5-3-4-6-23(20)34-25/h3-8,13-16,19H,9-12H2,1-2H3. The quantitative estimate of drug-likeness (QED) is 0.387. The van der Waals surface area contributed by atoms with Crippen molar-refractivity contribution >= 4 is 17.1 Å². The summed E-state index contributed by atoms with van der Waals surface area (Å²) in [4.78, 5) is 11.1. The summed E-state index contributed by atoms with van der Waals surface area (Å²) >= 11 is 0. The van der Waals surface area contributed by atoms with Crippen molar-refractivity contribution in [2.24, 2.45) is 0 Å². The Hall–Kier alpha value is -4.14. The number of aromatic nitrogens is 6. The summed E-state index contributed by atoms with van der Waals surface area (Å²) in [5.74, 6) is 0.760. The van der Waals surface area contributed by atoms with Gasteiger partial charge in [-0.1, -0.05) is 23.4 Å². The Morgan fingerprint density at radius 3 is 2.68 bits per heavy atom. The third-order valence-electron chi connectivity index (χ3n) is 6.37. The fraction of sp³-hybridized carbons (Fsp3) is 0.280. The van der Waals surface area contributed by atoms with Gasteiger partial charge in [-0.15, -0.1) is 5.10 Å². The number of rotatable bonds is 5. The van der Waals surface area contributed by atoms with E-state index in [1.807, 2.05) is 71.0 Å². The highest BCUT2D eigenvalue weighted by Gasteiger charge is 2.25. The number of oxazole rings is 1. The number of anilines is 1. The average molecular weight is 456 g/mol. The molecule has 1 aliphatic rings. The van der Waals surface area contributed by atoms with Crippen molar-refractivity contribution in [2.75, 3.05) is 25.1 Å². The molecule has 172 valence electrons. The number of piperidine rings is 1. The zero-order valence-corrected chi connectivity index (χ0v) is 19.1. The van der Waals surface area contributed by atoms with Gasteiger partial charge in [-0.2, -0.15) is 4.98 Å². The summed E-state index contributed by atoms with van der Waals surface area (Å²) in [5.41, 5.74) is 5.40. The molecule has 9 nitrogen and oxygen atoms in total. The molecule has 0 amide bonds. The highest BCUT2D eigenvalue weighted by molar-refractivity contribution is 5.74. The first kappa shape index (κ1) is 20.5. The average Bonchev–Trinajstić information content (AvgIpc) is 3.63. The summed E-state index contributed by atoms with van der Waals surface area (Å²) in [7, 11) is 1.67. The molecule has 0 saturated carbocycles. The number of benzene rings is 2. The van der Waals surface area contributed by atoms with Gasteiger partial charge >= 0.3 is 0 Å². The SMILES string of the molecule is COc1cc(-c2cn(C3CCN(c4nc5ccccc5o4)CC3)nn2)ccc1-n1cnc(C)c1. The van der Waals surface area contributed by atoms with Crippen LogP contribution in [-0.4, -0.2) is 49.7 Å². The van der Waals surface area contributed by atoms with Gasteiger partial charge in [0.2, 0.25) is 0 Å². The van der Waals surface area contributed by atoms with Crippen LogP contribution in [0.15, 0.2) is 65.6 Å². The molecule has 1 aliphatic heterocycles. The van der Waals surface area contributed by atoms with Crippen LogP contribution in [0, 0.1) is 6.92 Å². The lowest BCUT2D eigenvalue weighted by Gasteiger charge is -2.30. The van der Waals surface area contributed by atoms with Crippen LogP contribution in [0.1, 0.15) is 24.6 Å². The molecule has 34 heavy (non-hydrogen) atoms. The number of aryl methyl sites for hydroxylation is 1. The van der Waals surface area contributed by atoms with Crippen LogP contribution in [0.3, 0.4) is 0 Å². The largest absolute Gasteiger partial charge is 0.495 e. The van der Waals surface area contributed by atoms with Crippen molar-refractivity contribution in [1.29, 1.82) is 0 Å². The second kappa shape index (κ2) is 8.33. The van der Waals surface area contributed by atoms with Gasteiger partial charge in [0.05, 0.1) is 37.1 Å². The molecule has 4 heterocycles. The van der Waals surface area contributed by atoms with Gasteiger partial charge in [0.15, 0.2) is 5.58 Å². The topological polar surface area (TPSA) is 87.0 Å².